The molecule has 8 heteroatoms. The average molecular weight is 478 g/mol. The molecule has 0 radical (unpaired) electrons. The number of hydrogen-bond donors (Lipinski definition) is 3. The topological polar surface area (TPSA) is 97.9 Å². The molecule has 8 nitrogen and oxygen atoms in total. The van der Waals surface area contributed by atoms with E-state index in [1.165, 1.54) is 0 Å². The fourth-order valence-corrected chi connectivity index (χ4v) is 3.33. The molecule has 0 spiro atoms. The first-order valence-electron chi connectivity index (χ1n) is 11.5. The fourth-order valence-electron chi connectivity index (χ4n) is 3.33. The quantitative estimate of drug-likeness (QED) is 0.352. The third-order valence-corrected chi connectivity index (χ3v) is 5.09. The summed E-state index contributed by atoms with van der Waals surface area (Å²) in [7, 11) is 1.59. The van der Waals surface area contributed by atoms with Crippen molar-refractivity contribution in [1.82, 2.24) is 0 Å². The summed E-state index contributed by atoms with van der Waals surface area (Å²) < 4.78 is 16.7. The highest BCUT2D eigenvalue weighted by Gasteiger charge is 2.19. The van der Waals surface area contributed by atoms with Gasteiger partial charge in [-0.05, 0) is 57.2 Å². The van der Waals surface area contributed by atoms with Gasteiger partial charge in [-0.2, -0.15) is 0 Å². The Bertz CT molecular complexity index is 1130. The van der Waals surface area contributed by atoms with E-state index in [9.17, 15) is 9.59 Å². The Morgan fingerprint density at radius 2 is 1.43 bits per heavy atom. The monoisotopic (exact) mass is 477 g/mol. The molecule has 0 heterocycles. The van der Waals surface area contributed by atoms with E-state index in [0.29, 0.717) is 53.1 Å². The number of rotatable bonds is 11. The molecular weight excluding hydrogens is 446 g/mol. The van der Waals surface area contributed by atoms with E-state index in [2.05, 4.69) is 16.0 Å². The third-order valence-electron chi connectivity index (χ3n) is 5.09. The Kier molecular flexibility index (Phi) is 8.95. The second-order valence-corrected chi connectivity index (χ2v) is 7.61. The van der Waals surface area contributed by atoms with Gasteiger partial charge in [0, 0.05) is 23.4 Å². The zero-order valence-corrected chi connectivity index (χ0v) is 20.4. The molecule has 3 rings (SSSR count). The lowest BCUT2D eigenvalue weighted by atomic mass is 10.1. The lowest BCUT2D eigenvalue weighted by Crippen LogP contribution is -2.32. The van der Waals surface area contributed by atoms with Crippen LogP contribution in [0.3, 0.4) is 0 Å². The van der Waals surface area contributed by atoms with Gasteiger partial charge in [0.15, 0.2) is 0 Å². The van der Waals surface area contributed by atoms with Crippen molar-refractivity contribution in [3.63, 3.8) is 0 Å². The standard InChI is InChI=1S/C27H31N3O5/c1-5-34-24-17-23(30-27(32)19-10-8-7-9-11-19)25(35-6-2)16-22(24)28-18(3)26(31)29-20-12-14-21(33-4)15-13-20/h7-18,28H,5-6H2,1-4H3,(H,29,31)(H,30,32). The van der Waals surface area contributed by atoms with Crippen LogP contribution in [0.1, 0.15) is 31.1 Å². The molecule has 184 valence electrons. The van der Waals surface area contributed by atoms with Crippen molar-refractivity contribution in [3.8, 4) is 17.2 Å². The first-order chi connectivity index (χ1) is 16.9. The van der Waals surface area contributed by atoms with Gasteiger partial charge in [0.25, 0.3) is 5.91 Å². The van der Waals surface area contributed by atoms with E-state index in [4.69, 9.17) is 14.2 Å². The molecule has 0 aliphatic carbocycles. The minimum Gasteiger partial charge on any atom is -0.497 e. The number of carbonyl (C=O) groups is 2. The number of anilines is 3. The number of methoxy groups -OCH3 is 1. The normalized spacial score (nSPS) is 11.2. The highest BCUT2D eigenvalue weighted by molar-refractivity contribution is 6.05. The van der Waals surface area contributed by atoms with Crippen molar-refractivity contribution in [1.29, 1.82) is 0 Å². The minimum atomic E-state index is -0.587. The number of ether oxygens (including phenoxy) is 3. The summed E-state index contributed by atoms with van der Waals surface area (Å²) in [4.78, 5) is 25.5. The van der Waals surface area contributed by atoms with Crippen LogP contribution in [0.15, 0.2) is 66.7 Å². The van der Waals surface area contributed by atoms with Gasteiger partial charge in [-0.1, -0.05) is 18.2 Å². The molecule has 3 aromatic carbocycles. The Labute approximate surface area is 205 Å². The van der Waals surface area contributed by atoms with Gasteiger partial charge < -0.3 is 30.2 Å². The van der Waals surface area contributed by atoms with Crippen molar-refractivity contribution in [3.05, 3.63) is 72.3 Å². The van der Waals surface area contributed by atoms with Crippen LogP contribution in [0.2, 0.25) is 0 Å². The Morgan fingerprint density at radius 3 is 2.03 bits per heavy atom. The van der Waals surface area contributed by atoms with Crippen LogP contribution >= 0.6 is 0 Å². The maximum Gasteiger partial charge on any atom is 0.255 e. The second kappa shape index (κ2) is 12.3. The molecule has 0 saturated carbocycles. The number of hydrogen-bond acceptors (Lipinski definition) is 6. The van der Waals surface area contributed by atoms with Crippen molar-refractivity contribution in [2.75, 3.05) is 36.3 Å². The first kappa shape index (κ1) is 25.4. The van der Waals surface area contributed by atoms with Gasteiger partial charge in [0.2, 0.25) is 5.91 Å². The Hall–Kier alpha value is -4.20. The molecule has 1 unspecified atom stereocenters. The Morgan fingerprint density at radius 1 is 0.829 bits per heavy atom. The van der Waals surface area contributed by atoms with Crippen LogP contribution in [0.5, 0.6) is 17.2 Å². The van der Waals surface area contributed by atoms with Crippen molar-refractivity contribution < 1.29 is 23.8 Å². The van der Waals surface area contributed by atoms with Crippen molar-refractivity contribution in [2.45, 2.75) is 26.8 Å². The Balaban J connectivity index is 1.81. The maximum atomic E-state index is 12.8. The van der Waals surface area contributed by atoms with E-state index in [-0.39, 0.29) is 11.8 Å². The molecule has 0 aromatic heterocycles. The van der Waals surface area contributed by atoms with Gasteiger partial charge in [-0.3, -0.25) is 9.59 Å². The highest BCUT2D eigenvalue weighted by atomic mass is 16.5. The van der Waals surface area contributed by atoms with Crippen LogP contribution in [0.4, 0.5) is 17.1 Å². The van der Waals surface area contributed by atoms with Crippen molar-refractivity contribution >= 4 is 28.9 Å². The number of carbonyl (C=O) groups excluding carboxylic acids is 2. The molecule has 35 heavy (non-hydrogen) atoms. The molecule has 1 atom stereocenters. The van der Waals surface area contributed by atoms with E-state index in [0.717, 1.165) is 0 Å². The van der Waals surface area contributed by atoms with Gasteiger partial charge in [-0.25, -0.2) is 0 Å². The average Bonchev–Trinajstić information content (AvgIpc) is 2.87. The molecule has 2 amide bonds. The van der Waals surface area contributed by atoms with Crippen LogP contribution < -0.4 is 30.2 Å². The summed E-state index contributed by atoms with van der Waals surface area (Å²) in [5.41, 5.74) is 2.23. The summed E-state index contributed by atoms with van der Waals surface area (Å²) >= 11 is 0. The molecular formula is C27H31N3O5. The van der Waals surface area contributed by atoms with E-state index >= 15 is 0 Å². The van der Waals surface area contributed by atoms with Crippen LogP contribution in [0.25, 0.3) is 0 Å². The van der Waals surface area contributed by atoms with Gasteiger partial charge in [0.05, 0.1) is 31.7 Å². The fraction of sp³-hybridized carbons (Fsp3) is 0.259. The number of amides is 2. The van der Waals surface area contributed by atoms with E-state index < -0.39 is 6.04 Å². The largest absolute Gasteiger partial charge is 0.497 e. The molecule has 0 saturated heterocycles. The lowest BCUT2D eigenvalue weighted by Gasteiger charge is -2.21. The smallest absolute Gasteiger partial charge is 0.255 e. The summed E-state index contributed by atoms with van der Waals surface area (Å²) in [6.45, 7) is 6.27. The lowest BCUT2D eigenvalue weighted by molar-refractivity contribution is -0.116. The summed E-state index contributed by atoms with van der Waals surface area (Å²) in [5.74, 6) is 1.17. The predicted octanol–water partition coefficient (Wildman–Crippen LogP) is 5.18. The van der Waals surface area contributed by atoms with Gasteiger partial charge >= 0.3 is 0 Å². The molecule has 0 aliphatic heterocycles. The SMILES string of the molecule is CCOc1cc(NC(C)C(=O)Nc2ccc(OC)cc2)c(OCC)cc1NC(=O)c1ccccc1. The van der Waals surface area contributed by atoms with E-state index in [1.807, 2.05) is 19.9 Å². The summed E-state index contributed by atoms with van der Waals surface area (Å²) in [5, 5.41) is 8.96. The zero-order valence-electron chi connectivity index (χ0n) is 20.4. The second-order valence-electron chi connectivity index (χ2n) is 7.61. The highest BCUT2D eigenvalue weighted by Crippen LogP contribution is 2.37. The first-order valence-corrected chi connectivity index (χ1v) is 11.5. The molecule has 0 bridgehead atoms. The molecule has 3 aromatic rings. The van der Waals surface area contributed by atoms with Crippen LogP contribution in [0, 0.1) is 0 Å². The van der Waals surface area contributed by atoms with Crippen LogP contribution in [-0.2, 0) is 4.79 Å². The third kappa shape index (κ3) is 6.89. The van der Waals surface area contributed by atoms with Crippen molar-refractivity contribution in [2.24, 2.45) is 0 Å². The minimum absolute atomic E-state index is 0.225. The van der Waals surface area contributed by atoms with Crippen LogP contribution in [-0.4, -0.2) is 38.2 Å². The molecule has 0 aliphatic rings. The summed E-state index contributed by atoms with van der Waals surface area (Å²) in [6, 6.07) is 18.9. The molecule has 3 N–H and O–H groups in total. The van der Waals surface area contributed by atoms with E-state index in [1.54, 1.807) is 74.7 Å². The predicted molar refractivity (Wildman–Crippen MR) is 138 cm³/mol. The number of nitrogens with one attached hydrogen (secondary N) is 3. The summed E-state index contributed by atoms with van der Waals surface area (Å²) in [6.07, 6.45) is 0. The van der Waals surface area contributed by atoms with Gasteiger partial charge in [-0.15, -0.1) is 0 Å². The van der Waals surface area contributed by atoms with Gasteiger partial charge in [0.1, 0.15) is 23.3 Å². The molecule has 0 fully saturated rings. The maximum absolute atomic E-state index is 12.8. The number of benzene rings is 3. The zero-order chi connectivity index (χ0) is 25.2.